The number of nitrogens with one attached hydrogen (secondary N) is 1. The van der Waals surface area contributed by atoms with Crippen molar-refractivity contribution >= 4 is 10.0 Å². The zero-order valence-electron chi connectivity index (χ0n) is 12.1. The molecule has 0 aliphatic carbocycles. The third-order valence-corrected chi connectivity index (χ3v) is 5.16. The Bertz CT molecular complexity index is 599. The number of sulfonamides is 1. The number of halogens is 2. The Balaban J connectivity index is 1.96. The van der Waals surface area contributed by atoms with Gasteiger partial charge in [0, 0.05) is 30.7 Å². The van der Waals surface area contributed by atoms with E-state index in [1.807, 2.05) is 0 Å². The van der Waals surface area contributed by atoms with E-state index in [1.165, 1.54) is 16.6 Å². The van der Waals surface area contributed by atoms with Gasteiger partial charge >= 0.3 is 0 Å². The van der Waals surface area contributed by atoms with E-state index in [0.717, 1.165) is 6.07 Å². The highest BCUT2D eigenvalue weighted by molar-refractivity contribution is 7.88. The molecule has 1 aromatic rings. The predicted molar refractivity (Wildman–Crippen MR) is 77.3 cm³/mol. The Morgan fingerprint density at radius 3 is 2.48 bits per heavy atom. The molecule has 21 heavy (non-hydrogen) atoms. The van der Waals surface area contributed by atoms with Gasteiger partial charge in [-0.15, -0.1) is 0 Å². The molecule has 1 aliphatic heterocycles. The van der Waals surface area contributed by atoms with Gasteiger partial charge in [0.2, 0.25) is 10.0 Å². The summed E-state index contributed by atoms with van der Waals surface area (Å²) < 4.78 is 51.3. The molecule has 7 heteroatoms. The number of benzene rings is 1. The summed E-state index contributed by atoms with van der Waals surface area (Å²) in [5.74, 6) is -1.68. The number of hydrogen-bond donors (Lipinski definition) is 1. The first-order chi connectivity index (χ1) is 9.79. The molecule has 1 heterocycles. The fraction of sp³-hybridized carbons (Fsp3) is 0.571. The summed E-state index contributed by atoms with van der Waals surface area (Å²) >= 11 is 0. The van der Waals surface area contributed by atoms with E-state index in [0.29, 0.717) is 31.5 Å². The minimum Gasteiger partial charge on any atom is -0.307 e. The van der Waals surface area contributed by atoms with Crippen LogP contribution in [0.2, 0.25) is 0 Å². The van der Waals surface area contributed by atoms with Crippen molar-refractivity contribution < 1.29 is 17.2 Å². The van der Waals surface area contributed by atoms with Gasteiger partial charge in [-0.25, -0.2) is 21.5 Å². The van der Waals surface area contributed by atoms with Gasteiger partial charge in [0.15, 0.2) is 11.6 Å². The molecule has 0 aromatic heterocycles. The smallest absolute Gasteiger partial charge is 0.211 e. The molecule has 0 spiro atoms. The lowest BCUT2D eigenvalue weighted by atomic mass is 10.0. The Morgan fingerprint density at radius 1 is 1.29 bits per heavy atom. The second kappa shape index (κ2) is 6.37. The first-order valence-corrected chi connectivity index (χ1v) is 8.79. The average Bonchev–Trinajstić information content (AvgIpc) is 2.41. The van der Waals surface area contributed by atoms with Crippen LogP contribution in [0.3, 0.4) is 0 Å². The van der Waals surface area contributed by atoms with Gasteiger partial charge in [-0.05, 0) is 25.8 Å². The van der Waals surface area contributed by atoms with Crippen LogP contribution in [-0.4, -0.2) is 38.1 Å². The summed E-state index contributed by atoms with van der Waals surface area (Å²) in [5, 5.41) is 3.25. The lowest BCUT2D eigenvalue weighted by Crippen LogP contribution is -2.45. The van der Waals surface area contributed by atoms with Crippen molar-refractivity contribution in [2.24, 2.45) is 0 Å². The van der Waals surface area contributed by atoms with Gasteiger partial charge in [-0.1, -0.05) is 12.1 Å². The second-order valence-corrected chi connectivity index (χ2v) is 7.45. The summed E-state index contributed by atoms with van der Waals surface area (Å²) in [4.78, 5) is 0. The summed E-state index contributed by atoms with van der Waals surface area (Å²) in [5.41, 5.74) is 0.292. The first-order valence-electron chi connectivity index (χ1n) is 6.94. The number of hydrogen-bond acceptors (Lipinski definition) is 3. The minimum absolute atomic E-state index is 0.0978. The molecular weight excluding hydrogens is 298 g/mol. The fourth-order valence-corrected chi connectivity index (χ4v) is 3.53. The van der Waals surface area contributed by atoms with Crippen molar-refractivity contribution in [2.75, 3.05) is 19.3 Å². The predicted octanol–water partition coefficient (Wildman–Crippen LogP) is 2.04. The molecule has 4 nitrogen and oxygen atoms in total. The highest BCUT2D eigenvalue weighted by atomic mass is 32.2. The molecule has 2 rings (SSSR count). The maximum absolute atomic E-state index is 13.7. The van der Waals surface area contributed by atoms with Gasteiger partial charge in [-0.2, -0.15) is 0 Å². The lowest BCUT2D eigenvalue weighted by molar-refractivity contribution is 0.276. The van der Waals surface area contributed by atoms with E-state index in [2.05, 4.69) is 5.32 Å². The van der Waals surface area contributed by atoms with Gasteiger partial charge in [-0.3, -0.25) is 0 Å². The number of piperidine rings is 1. The van der Waals surface area contributed by atoms with Crippen LogP contribution in [0, 0.1) is 11.6 Å². The van der Waals surface area contributed by atoms with Crippen molar-refractivity contribution in [3.05, 3.63) is 35.4 Å². The van der Waals surface area contributed by atoms with Crippen LogP contribution >= 0.6 is 0 Å². The topological polar surface area (TPSA) is 49.4 Å². The monoisotopic (exact) mass is 318 g/mol. The summed E-state index contributed by atoms with van der Waals surface area (Å²) in [6.45, 7) is 2.69. The molecule has 1 aliphatic rings. The molecule has 0 bridgehead atoms. The molecule has 0 amide bonds. The third kappa shape index (κ3) is 3.99. The van der Waals surface area contributed by atoms with Gasteiger partial charge < -0.3 is 5.32 Å². The van der Waals surface area contributed by atoms with Crippen LogP contribution in [0.5, 0.6) is 0 Å². The van der Waals surface area contributed by atoms with E-state index < -0.39 is 21.7 Å². The van der Waals surface area contributed by atoms with E-state index in [1.54, 1.807) is 13.0 Å². The molecule has 0 radical (unpaired) electrons. The van der Waals surface area contributed by atoms with Crippen LogP contribution < -0.4 is 5.32 Å². The SMILES string of the molecule is CC(NC1CCN(S(C)(=O)=O)CC1)c1cccc(F)c1F. The average molecular weight is 318 g/mol. The fourth-order valence-electron chi connectivity index (χ4n) is 2.65. The maximum Gasteiger partial charge on any atom is 0.211 e. The molecule has 1 fully saturated rings. The molecule has 1 saturated heterocycles. The van der Waals surface area contributed by atoms with Gasteiger partial charge in [0.05, 0.1) is 6.26 Å². The van der Waals surface area contributed by atoms with Crippen LogP contribution in [0.4, 0.5) is 8.78 Å². The van der Waals surface area contributed by atoms with Crippen LogP contribution in [0.15, 0.2) is 18.2 Å². The maximum atomic E-state index is 13.7. The highest BCUT2D eigenvalue weighted by Crippen LogP contribution is 2.22. The van der Waals surface area contributed by atoms with E-state index in [9.17, 15) is 17.2 Å². The van der Waals surface area contributed by atoms with E-state index >= 15 is 0 Å². The lowest BCUT2D eigenvalue weighted by Gasteiger charge is -2.32. The van der Waals surface area contributed by atoms with Crippen molar-refractivity contribution in [3.63, 3.8) is 0 Å². The molecule has 1 unspecified atom stereocenters. The van der Waals surface area contributed by atoms with Crippen molar-refractivity contribution in [2.45, 2.75) is 31.8 Å². The number of rotatable bonds is 4. The molecule has 118 valence electrons. The minimum atomic E-state index is -3.15. The van der Waals surface area contributed by atoms with E-state index in [-0.39, 0.29) is 12.1 Å². The number of nitrogens with zero attached hydrogens (tertiary/aromatic N) is 1. The largest absolute Gasteiger partial charge is 0.307 e. The third-order valence-electron chi connectivity index (χ3n) is 3.86. The van der Waals surface area contributed by atoms with Crippen LogP contribution in [-0.2, 0) is 10.0 Å². The molecule has 1 atom stereocenters. The molecule has 1 N–H and O–H groups in total. The van der Waals surface area contributed by atoms with Crippen LogP contribution in [0.1, 0.15) is 31.4 Å². The van der Waals surface area contributed by atoms with Gasteiger partial charge in [0.1, 0.15) is 0 Å². The molecular formula is C14H20F2N2O2S. The van der Waals surface area contributed by atoms with Crippen molar-refractivity contribution in [3.8, 4) is 0 Å². The zero-order valence-corrected chi connectivity index (χ0v) is 13.0. The Morgan fingerprint density at radius 2 is 1.90 bits per heavy atom. The van der Waals surface area contributed by atoms with Crippen molar-refractivity contribution in [1.82, 2.24) is 9.62 Å². The first kappa shape index (κ1) is 16.3. The molecule has 0 saturated carbocycles. The van der Waals surface area contributed by atoms with Gasteiger partial charge in [0.25, 0.3) is 0 Å². The summed E-state index contributed by atoms with van der Waals surface area (Å²) in [6, 6.07) is 3.91. The second-order valence-electron chi connectivity index (χ2n) is 5.47. The normalized spacial score (nSPS) is 19.6. The summed E-state index contributed by atoms with van der Waals surface area (Å²) in [7, 11) is -3.15. The quantitative estimate of drug-likeness (QED) is 0.924. The van der Waals surface area contributed by atoms with Crippen LogP contribution in [0.25, 0.3) is 0 Å². The summed E-state index contributed by atoms with van der Waals surface area (Å²) in [6.07, 6.45) is 2.52. The molecule has 1 aromatic carbocycles. The Kier molecular flexibility index (Phi) is 4.95. The Hall–Kier alpha value is -1.05. The van der Waals surface area contributed by atoms with E-state index in [4.69, 9.17) is 0 Å². The highest BCUT2D eigenvalue weighted by Gasteiger charge is 2.26. The zero-order chi connectivity index (χ0) is 15.6. The van der Waals surface area contributed by atoms with Crippen molar-refractivity contribution in [1.29, 1.82) is 0 Å². The standard InChI is InChI=1S/C14H20F2N2O2S/c1-10(12-4-3-5-13(15)14(12)16)17-11-6-8-18(9-7-11)21(2,19)20/h3-5,10-11,17H,6-9H2,1-2H3. The Labute approximate surface area is 124 Å².